The van der Waals surface area contributed by atoms with Crippen LogP contribution < -0.4 is 4.74 Å². The summed E-state index contributed by atoms with van der Waals surface area (Å²) in [6, 6.07) is 9.14. The van der Waals surface area contributed by atoms with Gasteiger partial charge in [-0.15, -0.1) is 11.8 Å². The van der Waals surface area contributed by atoms with E-state index in [1.54, 1.807) is 18.9 Å². The Labute approximate surface area is 143 Å². The lowest BCUT2D eigenvalue weighted by Crippen LogP contribution is -2.63. The highest BCUT2D eigenvalue weighted by Gasteiger charge is 2.37. The van der Waals surface area contributed by atoms with E-state index >= 15 is 0 Å². The van der Waals surface area contributed by atoms with Crippen LogP contribution in [0.5, 0.6) is 5.75 Å². The highest BCUT2D eigenvalue weighted by molar-refractivity contribution is 8.00. The molecule has 5 heteroatoms. The monoisotopic (exact) mass is 334 g/mol. The Bertz CT molecular complexity index is 546. The summed E-state index contributed by atoms with van der Waals surface area (Å²) in [6.45, 7) is 5.33. The number of hydrogen-bond donors (Lipinski definition) is 0. The van der Waals surface area contributed by atoms with Gasteiger partial charge in [-0.1, -0.05) is 12.5 Å². The van der Waals surface area contributed by atoms with E-state index in [0.29, 0.717) is 17.8 Å². The third-order valence-electron chi connectivity index (χ3n) is 4.94. The molecule has 2 aliphatic heterocycles. The Kier molecular flexibility index (Phi) is 5.49. The van der Waals surface area contributed by atoms with Crippen molar-refractivity contribution in [1.29, 1.82) is 0 Å². The Balaban J connectivity index is 1.43. The first kappa shape index (κ1) is 16.7. The molecule has 0 aromatic heterocycles. The SMILES string of the molecule is COc1cccc(SCC(=O)N2CC(N3CCCCC3C)C2)c1. The minimum absolute atomic E-state index is 0.249. The molecule has 3 rings (SSSR count). The predicted octanol–water partition coefficient (Wildman–Crippen LogP) is 2.87. The average molecular weight is 334 g/mol. The second kappa shape index (κ2) is 7.58. The van der Waals surface area contributed by atoms with Gasteiger partial charge in [0.25, 0.3) is 0 Å². The molecule has 23 heavy (non-hydrogen) atoms. The van der Waals surface area contributed by atoms with E-state index < -0.39 is 0 Å². The molecule has 1 atom stereocenters. The summed E-state index contributed by atoms with van der Waals surface area (Å²) in [5.41, 5.74) is 0. The van der Waals surface area contributed by atoms with E-state index in [1.807, 2.05) is 29.2 Å². The fourth-order valence-corrected chi connectivity index (χ4v) is 4.31. The van der Waals surface area contributed by atoms with Crippen molar-refractivity contribution in [3.05, 3.63) is 24.3 Å². The highest BCUT2D eigenvalue weighted by Crippen LogP contribution is 2.27. The number of hydrogen-bond acceptors (Lipinski definition) is 4. The maximum Gasteiger partial charge on any atom is 0.233 e. The molecule has 2 fully saturated rings. The van der Waals surface area contributed by atoms with Gasteiger partial charge in [-0.3, -0.25) is 9.69 Å². The van der Waals surface area contributed by atoms with Crippen LogP contribution >= 0.6 is 11.8 Å². The maximum absolute atomic E-state index is 12.3. The topological polar surface area (TPSA) is 32.8 Å². The number of carbonyl (C=O) groups is 1. The molecule has 0 N–H and O–H groups in total. The van der Waals surface area contributed by atoms with Crippen molar-refractivity contribution in [3.8, 4) is 5.75 Å². The fraction of sp³-hybridized carbons (Fsp3) is 0.611. The van der Waals surface area contributed by atoms with Gasteiger partial charge in [0, 0.05) is 30.1 Å². The number of likely N-dealkylation sites (tertiary alicyclic amines) is 2. The summed E-state index contributed by atoms with van der Waals surface area (Å²) in [5.74, 6) is 1.60. The van der Waals surface area contributed by atoms with Gasteiger partial charge in [0.05, 0.1) is 12.9 Å². The van der Waals surface area contributed by atoms with E-state index in [9.17, 15) is 4.79 Å². The number of methoxy groups -OCH3 is 1. The molecule has 1 unspecified atom stereocenters. The first-order valence-electron chi connectivity index (χ1n) is 8.47. The molecule has 2 heterocycles. The van der Waals surface area contributed by atoms with Crippen molar-refractivity contribution in [2.45, 2.75) is 43.2 Å². The summed E-state index contributed by atoms with van der Waals surface area (Å²) in [7, 11) is 1.66. The van der Waals surface area contributed by atoms with Crippen LogP contribution in [0.1, 0.15) is 26.2 Å². The first-order chi connectivity index (χ1) is 11.2. The number of piperidine rings is 1. The van der Waals surface area contributed by atoms with Gasteiger partial charge in [-0.25, -0.2) is 0 Å². The van der Waals surface area contributed by atoms with Crippen molar-refractivity contribution in [2.24, 2.45) is 0 Å². The minimum Gasteiger partial charge on any atom is -0.497 e. The molecule has 1 aromatic carbocycles. The van der Waals surface area contributed by atoms with Gasteiger partial charge in [0.2, 0.25) is 5.91 Å². The van der Waals surface area contributed by atoms with Crippen molar-refractivity contribution in [2.75, 3.05) is 32.5 Å². The van der Waals surface area contributed by atoms with Crippen LogP contribution in [-0.2, 0) is 4.79 Å². The minimum atomic E-state index is 0.249. The fourth-order valence-electron chi connectivity index (χ4n) is 3.46. The van der Waals surface area contributed by atoms with E-state index in [-0.39, 0.29) is 5.91 Å². The number of amides is 1. The molecule has 0 aliphatic carbocycles. The summed E-state index contributed by atoms with van der Waals surface area (Å²) in [6.07, 6.45) is 3.96. The summed E-state index contributed by atoms with van der Waals surface area (Å²) >= 11 is 1.59. The highest BCUT2D eigenvalue weighted by atomic mass is 32.2. The number of carbonyl (C=O) groups excluding carboxylic acids is 1. The zero-order valence-corrected chi connectivity index (χ0v) is 14.8. The van der Waals surface area contributed by atoms with Gasteiger partial charge < -0.3 is 9.64 Å². The van der Waals surface area contributed by atoms with Crippen LogP contribution in [-0.4, -0.2) is 60.3 Å². The van der Waals surface area contributed by atoms with Crippen molar-refractivity contribution < 1.29 is 9.53 Å². The second-order valence-electron chi connectivity index (χ2n) is 6.50. The van der Waals surface area contributed by atoms with Crippen LogP contribution in [0.15, 0.2) is 29.2 Å². The second-order valence-corrected chi connectivity index (χ2v) is 7.55. The van der Waals surface area contributed by atoms with E-state index in [4.69, 9.17) is 4.74 Å². The number of nitrogens with zero attached hydrogens (tertiary/aromatic N) is 2. The lowest BCUT2D eigenvalue weighted by molar-refractivity contribution is -0.136. The molecular weight excluding hydrogens is 308 g/mol. The van der Waals surface area contributed by atoms with Gasteiger partial charge in [0.15, 0.2) is 0 Å². The molecular formula is C18H26N2O2S. The molecule has 2 aliphatic rings. The van der Waals surface area contributed by atoms with Crippen LogP contribution in [0.25, 0.3) is 0 Å². The zero-order valence-electron chi connectivity index (χ0n) is 14.0. The molecule has 0 bridgehead atoms. The predicted molar refractivity (Wildman–Crippen MR) is 94.1 cm³/mol. The van der Waals surface area contributed by atoms with Gasteiger partial charge >= 0.3 is 0 Å². The van der Waals surface area contributed by atoms with Crippen molar-refractivity contribution in [1.82, 2.24) is 9.80 Å². The molecule has 0 saturated carbocycles. The van der Waals surface area contributed by atoms with E-state index in [2.05, 4.69) is 11.8 Å². The first-order valence-corrected chi connectivity index (χ1v) is 9.46. The Morgan fingerprint density at radius 1 is 1.35 bits per heavy atom. The standard InChI is InChI=1S/C18H26N2O2S/c1-14-6-3-4-9-20(14)15-11-19(12-15)18(21)13-23-17-8-5-7-16(10-17)22-2/h5,7-8,10,14-15H,3-4,6,9,11-13H2,1-2H3. The number of rotatable bonds is 5. The van der Waals surface area contributed by atoms with Crippen LogP contribution in [0.3, 0.4) is 0 Å². The van der Waals surface area contributed by atoms with Crippen molar-refractivity contribution in [3.63, 3.8) is 0 Å². The third kappa shape index (κ3) is 4.01. The number of benzene rings is 1. The molecule has 2 saturated heterocycles. The largest absolute Gasteiger partial charge is 0.497 e. The molecule has 1 aromatic rings. The van der Waals surface area contributed by atoms with Gasteiger partial charge in [-0.2, -0.15) is 0 Å². The third-order valence-corrected chi connectivity index (χ3v) is 5.92. The maximum atomic E-state index is 12.3. The van der Waals surface area contributed by atoms with Crippen LogP contribution in [0.2, 0.25) is 0 Å². The van der Waals surface area contributed by atoms with E-state index in [1.165, 1.54) is 25.8 Å². The number of thioether (sulfide) groups is 1. The smallest absolute Gasteiger partial charge is 0.233 e. The Morgan fingerprint density at radius 2 is 2.17 bits per heavy atom. The summed E-state index contributed by atoms with van der Waals surface area (Å²) in [4.78, 5) is 18.0. The molecule has 0 spiro atoms. The Morgan fingerprint density at radius 3 is 2.91 bits per heavy atom. The zero-order chi connectivity index (χ0) is 16.2. The Hall–Kier alpha value is -1.20. The number of ether oxygens (including phenoxy) is 1. The van der Waals surface area contributed by atoms with Gasteiger partial charge in [-0.05, 0) is 44.5 Å². The normalized spacial score (nSPS) is 22.7. The van der Waals surface area contributed by atoms with Crippen LogP contribution in [0.4, 0.5) is 0 Å². The van der Waals surface area contributed by atoms with Crippen molar-refractivity contribution >= 4 is 17.7 Å². The molecule has 0 radical (unpaired) electrons. The van der Waals surface area contributed by atoms with Gasteiger partial charge in [0.1, 0.15) is 5.75 Å². The molecule has 1 amide bonds. The lowest BCUT2D eigenvalue weighted by Gasteiger charge is -2.49. The summed E-state index contributed by atoms with van der Waals surface area (Å²) in [5, 5.41) is 0. The molecule has 4 nitrogen and oxygen atoms in total. The van der Waals surface area contributed by atoms with E-state index in [0.717, 1.165) is 23.7 Å². The lowest BCUT2D eigenvalue weighted by atomic mass is 9.97. The quantitative estimate of drug-likeness (QED) is 0.775. The molecule has 126 valence electrons. The summed E-state index contributed by atoms with van der Waals surface area (Å²) < 4.78 is 5.22. The van der Waals surface area contributed by atoms with Crippen LogP contribution in [0, 0.1) is 0 Å². The average Bonchev–Trinajstić information content (AvgIpc) is 2.53.